The number of furan rings is 1. The van der Waals surface area contributed by atoms with Crippen LogP contribution in [-0.2, 0) is 13.0 Å². The molecule has 3 rings (SSSR count). The first-order chi connectivity index (χ1) is 13.3. The second kappa shape index (κ2) is 8.01. The highest BCUT2D eigenvalue weighted by atomic mass is 16.4. The zero-order valence-corrected chi connectivity index (χ0v) is 17.6. The van der Waals surface area contributed by atoms with Crippen molar-refractivity contribution in [2.45, 2.75) is 47.6 Å². The van der Waals surface area contributed by atoms with E-state index in [4.69, 9.17) is 4.42 Å². The van der Waals surface area contributed by atoms with Crippen molar-refractivity contribution in [1.82, 2.24) is 9.88 Å². The van der Waals surface area contributed by atoms with Gasteiger partial charge in [-0.25, -0.2) is 0 Å². The van der Waals surface area contributed by atoms with Gasteiger partial charge in [0.15, 0.2) is 5.76 Å². The standard InChI is InChI=1S/C24H28N2O2/c1-15-16(2)18(4)22(19(5)17(15)3)12-21-9-10-23(28-21)24(27)26(6)14-20-8-7-11-25-13-20/h7-11,13H,12,14H2,1-6H3. The highest BCUT2D eigenvalue weighted by molar-refractivity contribution is 5.91. The van der Waals surface area contributed by atoms with Crippen molar-refractivity contribution in [2.24, 2.45) is 0 Å². The van der Waals surface area contributed by atoms with Gasteiger partial charge in [-0.1, -0.05) is 6.07 Å². The number of nitrogens with zero attached hydrogens (tertiary/aromatic N) is 2. The first kappa shape index (κ1) is 19.9. The topological polar surface area (TPSA) is 46.3 Å². The molecule has 0 saturated carbocycles. The molecule has 0 aliphatic carbocycles. The summed E-state index contributed by atoms with van der Waals surface area (Å²) < 4.78 is 5.92. The Morgan fingerprint density at radius 2 is 1.61 bits per heavy atom. The summed E-state index contributed by atoms with van der Waals surface area (Å²) in [6, 6.07) is 7.51. The van der Waals surface area contributed by atoms with Crippen LogP contribution in [0, 0.1) is 34.6 Å². The number of hydrogen-bond acceptors (Lipinski definition) is 3. The van der Waals surface area contributed by atoms with Crippen molar-refractivity contribution in [3.8, 4) is 0 Å². The number of carbonyl (C=O) groups is 1. The maximum Gasteiger partial charge on any atom is 0.289 e. The maximum atomic E-state index is 12.7. The fraction of sp³-hybridized carbons (Fsp3) is 0.333. The molecule has 0 saturated heterocycles. The Morgan fingerprint density at radius 3 is 2.21 bits per heavy atom. The molecule has 0 unspecified atom stereocenters. The van der Waals surface area contributed by atoms with Gasteiger partial charge in [0.25, 0.3) is 5.91 Å². The minimum atomic E-state index is -0.125. The molecular formula is C24H28N2O2. The van der Waals surface area contributed by atoms with Crippen LogP contribution in [0.2, 0.25) is 0 Å². The van der Waals surface area contributed by atoms with Crippen molar-refractivity contribution >= 4 is 5.91 Å². The number of carbonyl (C=O) groups excluding carboxylic acids is 1. The Bertz CT molecular complexity index is 974. The third-order valence-corrected chi connectivity index (χ3v) is 5.87. The first-order valence-electron chi connectivity index (χ1n) is 9.58. The van der Waals surface area contributed by atoms with Gasteiger partial charge in [-0.15, -0.1) is 0 Å². The normalized spacial score (nSPS) is 10.9. The molecule has 4 heteroatoms. The van der Waals surface area contributed by atoms with Gasteiger partial charge >= 0.3 is 0 Å². The summed E-state index contributed by atoms with van der Waals surface area (Å²) >= 11 is 0. The van der Waals surface area contributed by atoms with Gasteiger partial charge in [-0.2, -0.15) is 0 Å². The molecule has 0 bridgehead atoms. The van der Waals surface area contributed by atoms with Crippen molar-refractivity contribution in [3.05, 3.63) is 87.1 Å². The Hall–Kier alpha value is -2.88. The molecule has 3 aromatic rings. The number of hydrogen-bond donors (Lipinski definition) is 0. The maximum absolute atomic E-state index is 12.7. The molecule has 0 fully saturated rings. The predicted octanol–water partition coefficient (Wildman–Crippen LogP) is 5.08. The van der Waals surface area contributed by atoms with Gasteiger partial charge in [-0.05, 0) is 91.8 Å². The fourth-order valence-corrected chi connectivity index (χ4v) is 3.63. The molecule has 0 N–H and O–H groups in total. The molecule has 2 heterocycles. The second-order valence-electron chi connectivity index (χ2n) is 7.57. The van der Waals surface area contributed by atoms with E-state index in [1.54, 1.807) is 30.4 Å². The van der Waals surface area contributed by atoms with Crippen LogP contribution in [0.3, 0.4) is 0 Å². The van der Waals surface area contributed by atoms with Crippen LogP contribution in [0.4, 0.5) is 0 Å². The molecule has 1 aromatic carbocycles. The van der Waals surface area contributed by atoms with E-state index in [0.717, 1.165) is 11.3 Å². The van der Waals surface area contributed by atoms with E-state index in [1.807, 2.05) is 18.2 Å². The quantitative estimate of drug-likeness (QED) is 0.624. The van der Waals surface area contributed by atoms with Gasteiger partial charge in [0.2, 0.25) is 0 Å². The molecule has 1 amide bonds. The van der Waals surface area contributed by atoms with Crippen LogP contribution >= 0.6 is 0 Å². The smallest absolute Gasteiger partial charge is 0.289 e. The lowest BCUT2D eigenvalue weighted by Crippen LogP contribution is -2.25. The summed E-state index contributed by atoms with van der Waals surface area (Å²) in [6.45, 7) is 11.4. The van der Waals surface area contributed by atoms with Crippen LogP contribution in [0.1, 0.15) is 55.3 Å². The number of amides is 1. The lowest BCUT2D eigenvalue weighted by Gasteiger charge is -2.18. The Balaban J connectivity index is 1.79. The fourth-order valence-electron chi connectivity index (χ4n) is 3.63. The molecule has 0 aliphatic heterocycles. The largest absolute Gasteiger partial charge is 0.456 e. The monoisotopic (exact) mass is 376 g/mol. The Labute approximate surface area is 167 Å². The van der Waals surface area contributed by atoms with Crippen molar-refractivity contribution < 1.29 is 9.21 Å². The van der Waals surface area contributed by atoms with E-state index in [0.29, 0.717) is 18.7 Å². The van der Waals surface area contributed by atoms with Crippen LogP contribution in [0.25, 0.3) is 0 Å². The lowest BCUT2D eigenvalue weighted by atomic mass is 9.88. The summed E-state index contributed by atoms with van der Waals surface area (Å²) in [6.07, 6.45) is 4.19. The zero-order valence-electron chi connectivity index (χ0n) is 17.6. The van der Waals surface area contributed by atoms with Crippen LogP contribution in [-0.4, -0.2) is 22.8 Å². The Morgan fingerprint density at radius 1 is 0.964 bits per heavy atom. The van der Waals surface area contributed by atoms with E-state index in [-0.39, 0.29) is 5.91 Å². The molecule has 28 heavy (non-hydrogen) atoms. The van der Waals surface area contributed by atoms with Gasteiger partial charge in [0.1, 0.15) is 5.76 Å². The average Bonchev–Trinajstić information content (AvgIpc) is 3.17. The molecule has 0 spiro atoms. The number of benzene rings is 1. The summed E-state index contributed by atoms with van der Waals surface area (Å²) in [4.78, 5) is 18.5. The third kappa shape index (κ3) is 3.86. The van der Waals surface area contributed by atoms with E-state index in [9.17, 15) is 4.79 Å². The van der Waals surface area contributed by atoms with Gasteiger partial charge in [-0.3, -0.25) is 9.78 Å². The lowest BCUT2D eigenvalue weighted by molar-refractivity contribution is 0.0751. The number of rotatable bonds is 5. The van der Waals surface area contributed by atoms with E-state index >= 15 is 0 Å². The van der Waals surface area contributed by atoms with Gasteiger partial charge in [0, 0.05) is 32.4 Å². The molecule has 2 aromatic heterocycles. The minimum Gasteiger partial charge on any atom is -0.456 e. The molecule has 0 aliphatic rings. The van der Waals surface area contributed by atoms with Crippen LogP contribution < -0.4 is 0 Å². The SMILES string of the molecule is Cc1c(C)c(C)c(Cc2ccc(C(=O)N(C)Cc3cccnc3)o2)c(C)c1C. The first-order valence-corrected chi connectivity index (χ1v) is 9.58. The minimum absolute atomic E-state index is 0.125. The zero-order chi connectivity index (χ0) is 20.4. The number of pyridine rings is 1. The summed E-state index contributed by atoms with van der Waals surface area (Å²) in [5.74, 6) is 1.06. The van der Waals surface area contributed by atoms with Gasteiger partial charge < -0.3 is 9.32 Å². The second-order valence-corrected chi connectivity index (χ2v) is 7.57. The van der Waals surface area contributed by atoms with Gasteiger partial charge in [0.05, 0.1) is 0 Å². The molecule has 0 atom stereocenters. The summed E-state index contributed by atoms with van der Waals surface area (Å²) in [5, 5.41) is 0. The Kier molecular flexibility index (Phi) is 5.68. The van der Waals surface area contributed by atoms with E-state index < -0.39 is 0 Å². The van der Waals surface area contributed by atoms with Crippen molar-refractivity contribution in [2.75, 3.05) is 7.05 Å². The summed E-state index contributed by atoms with van der Waals surface area (Å²) in [5.41, 5.74) is 8.90. The van der Waals surface area contributed by atoms with Crippen molar-refractivity contribution in [1.29, 1.82) is 0 Å². The average molecular weight is 377 g/mol. The molecule has 4 nitrogen and oxygen atoms in total. The molecule has 146 valence electrons. The van der Waals surface area contributed by atoms with Crippen LogP contribution in [0.15, 0.2) is 41.1 Å². The highest BCUT2D eigenvalue weighted by Gasteiger charge is 2.18. The van der Waals surface area contributed by atoms with Crippen LogP contribution in [0.5, 0.6) is 0 Å². The number of aromatic nitrogens is 1. The molecule has 0 radical (unpaired) electrons. The van der Waals surface area contributed by atoms with E-state index in [2.05, 4.69) is 39.6 Å². The third-order valence-electron chi connectivity index (χ3n) is 5.87. The molecular weight excluding hydrogens is 348 g/mol. The summed E-state index contributed by atoms with van der Waals surface area (Å²) in [7, 11) is 1.78. The van der Waals surface area contributed by atoms with Crippen molar-refractivity contribution in [3.63, 3.8) is 0 Å². The van der Waals surface area contributed by atoms with E-state index in [1.165, 1.54) is 33.4 Å². The predicted molar refractivity (Wildman–Crippen MR) is 112 cm³/mol. The highest BCUT2D eigenvalue weighted by Crippen LogP contribution is 2.28.